The van der Waals surface area contributed by atoms with Crippen LogP contribution in [0.25, 0.3) is 0 Å². The molecule has 1 unspecified atom stereocenters. The van der Waals surface area contributed by atoms with Gasteiger partial charge in [0.2, 0.25) is 0 Å². The highest BCUT2D eigenvalue weighted by atomic mass is 16.4. The number of amides is 1. The van der Waals surface area contributed by atoms with Gasteiger partial charge in [0.1, 0.15) is 17.7 Å². The van der Waals surface area contributed by atoms with E-state index in [9.17, 15) is 14.4 Å². The van der Waals surface area contributed by atoms with Crippen LogP contribution in [-0.4, -0.2) is 40.6 Å². The zero-order valence-corrected chi connectivity index (χ0v) is 11.9. The fourth-order valence-corrected chi connectivity index (χ4v) is 1.41. The summed E-state index contributed by atoms with van der Waals surface area (Å²) in [6.07, 6.45) is 1.22. The third kappa shape index (κ3) is 7.57. The molecule has 0 saturated heterocycles. The first-order valence-corrected chi connectivity index (χ1v) is 6.38. The van der Waals surface area contributed by atoms with Crippen molar-refractivity contribution in [2.45, 2.75) is 32.7 Å². The molecule has 0 rings (SSSR count). The van der Waals surface area contributed by atoms with Crippen molar-refractivity contribution in [2.75, 3.05) is 6.54 Å². The van der Waals surface area contributed by atoms with E-state index in [2.05, 4.69) is 10.6 Å². The van der Waals surface area contributed by atoms with E-state index in [0.29, 0.717) is 0 Å². The maximum Gasteiger partial charge on any atom is 0.326 e. The number of nitriles is 1. The van der Waals surface area contributed by atoms with Crippen LogP contribution in [0.15, 0.2) is 11.8 Å². The number of nitrogens with zero attached hydrogens (tertiary/aromatic N) is 1. The highest BCUT2D eigenvalue weighted by Gasteiger charge is 2.20. The minimum atomic E-state index is -1.08. The van der Waals surface area contributed by atoms with Crippen LogP contribution in [-0.2, 0) is 14.4 Å². The number of carbonyl (C=O) groups excluding carboxylic acids is 1. The Kier molecular flexibility index (Phi) is 8.22. The maximum absolute atomic E-state index is 11.6. The number of carboxylic acids is 2. The van der Waals surface area contributed by atoms with Crippen LogP contribution in [0, 0.1) is 17.2 Å². The molecule has 0 aliphatic carbocycles. The third-order valence-electron chi connectivity index (χ3n) is 2.56. The van der Waals surface area contributed by atoms with Crippen molar-refractivity contribution in [1.82, 2.24) is 10.6 Å². The van der Waals surface area contributed by atoms with Crippen molar-refractivity contribution < 1.29 is 24.6 Å². The largest absolute Gasteiger partial charge is 0.481 e. The molecule has 0 aliphatic rings. The topological polar surface area (TPSA) is 140 Å². The summed E-state index contributed by atoms with van der Waals surface area (Å²) in [5, 5.41) is 31.2. The number of carboxylic acid groups (broad SMARTS) is 2. The van der Waals surface area contributed by atoms with Crippen LogP contribution in [0.5, 0.6) is 0 Å². The summed E-state index contributed by atoms with van der Waals surface area (Å²) in [6.45, 7) is 3.51. The molecule has 0 radical (unpaired) electrons. The lowest BCUT2D eigenvalue weighted by Gasteiger charge is -2.16. The lowest BCUT2D eigenvalue weighted by Crippen LogP contribution is -2.38. The van der Waals surface area contributed by atoms with Gasteiger partial charge in [0.05, 0.1) is 0 Å². The molecule has 0 bridgehead atoms. The SMILES string of the molecule is CC(C)C(N/C=C(/C#N)C(=O)NCCCC(=O)O)C(=O)O. The van der Waals surface area contributed by atoms with Gasteiger partial charge in [0, 0.05) is 19.2 Å². The fourth-order valence-electron chi connectivity index (χ4n) is 1.41. The lowest BCUT2D eigenvalue weighted by atomic mass is 10.1. The van der Waals surface area contributed by atoms with Gasteiger partial charge >= 0.3 is 11.9 Å². The monoisotopic (exact) mass is 297 g/mol. The number of aliphatic carboxylic acids is 2. The number of nitrogens with one attached hydrogen (secondary N) is 2. The Bertz CT molecular complexity index is 465. The van der Waals surface area contributed by atoms with E-state index in [-0.39, 0.29) is 30.9 Å². The van der Waals surface area contributed by atoms with Gasteiger partial charge in [0.25, 0.3) is 5.91 Å². The van der Waals surface area contributed by atoms with E-state index in [1.807, 2.05) is 0 Å². The number of hydrogen-bond donors (Lipinski definition) is 4. The Morgan fingerprint density at radius 2 is 1.90 bits per heavy atom. The zero-order chi connectivity index (χ0) is 16.4. The molecule has 0 aromatic rings. The van der Waals surface area contributed by atoms with Gasteiger partial charge in [0.15, 0.2) is 0 Å². The average Bonchev–Trinajstić information content (AvgIpc) is 2.38. The second-order valence-electron chi connectivity index (χ2n) is 4.65. The lowest BCUT2D eigenvalue weighted by molar-refractivity contribution is -0.140. The summed E-state index contributed by atoms with van der Waals surface area (Å²) < 4.78 is 0. The Hall–Kier alpha value is -2.56. The van der Waals surface area contributed by atoms with E-state index < -0.39 is 23.9 Å². The van der Waals surface area contributed by atoms with E-state index in [4.69, 9.17) is 15.5 Å². The van der Waals surface area contributed by atoms with E-state index in [0.717, 1.165) is 6.20 Å². The average molecular weight is 297 g/mol. The van der Waals surface area contributed by atoms with Crippen LogP contribution in [0.3, 0.4) is 0 Å². The first-order chi connectivity index (χ1) is 9.79. The molecule has 8 nitrogen and oxygen atoms in total. The smallest absolute Gasteiger partial charge is 0.326 e. The summed E-state index contributed by atoms with van der Waals surface area (Å²) >= 11 is 0. The van der Waals surface area contributed by atoms with Crippen LogP contribution in [0.2, 0.25) is 0 Å². The molecule has 0 heterocycles. The van der Waals surface area contributed by atoms with E-state index >= 15 is 0 Å². The molecule has 1 atom stereocenters. The fraction of sp³-hybridized carbons (Fsp3) is 0.538. The van der Waals surface area contributed by atoms with Crippen molar-refractivity contribution in [3.05, 3.63) is 11.8 Å². The normalized spacial score (nSPS) is 12.4. The standard InChI is InChI=1S/C13H19N3O5/c1-8(2)11(13(20)21)16-7-9(6-14)12(19)15-5-3-4-10(17)18/h7-8,11,16H,3-5H2,1-2H3,(H,15,19)(H,17,18)(H,20,21)/b9-7-. The highest BCUT2D eigenvalue weighted by Crippen LogP contribution is 2.02. The number of rotatable bonds is 9. The Balaban J connectivity index is 4.51. The van der Waals surface area contributed by atoms with Crippen molar-refractivity contribution >= 4 is 17.8 Å². The molecule has 0 aromatic carbocycles. The maximum atomic E-state index is 11.6. The quantitative estimate of drug-likeness (QED) is 0.268. The number of hydrogen-bond acceptors (Lipinski definition) is 5. The van der Waals surface area contributed by atoms with Crippen molar-refractivity contribution in [2.24, 2.45) is 5.92 Å². The van der Waals surface area contributed by atoms with Gasteiger partial charge in [-0.05, 0) is 12.3 Å². The summed E-state index contributed by atoms with van der Waals surface area (Å²) in [5.41, 5.74) is -0.266. The molecule has 116 valence electrons. The highest BCUT2D eigenvalue weighted by molar-refractivity contribution is 5.97. The molecule has 21 heavy (non-hydrogen) atoms. The summed E-state index contributed by atoms with van der Waals surface area (Å²) in [5.74, 6) is -2.95. The second kappa shape index (κ2) is 9.36. The van der Waals surface area contributed by atoms with Crippen molar-refractivity contribution in [3.8, 4) is 6.07 Å². The summed E-state index contributed by atoms with van der Waals surface area (Å²) in [6, 6.07) is 0.753. The van der Waals surface area contributed by atoms with Crippen LogP contribution >= 0.6 is 0 Å². The molecule has 4 N–H and O–H groups in total. The predicted octanol–water partition coefficient (Wildman–Crippen LogP) is 0.0737. The van der Waals surface area contributed by atoms with E-state index in [1.54, 1.807) is 19.9 Å². The molecule has 8 heteroatoms. The first-order valence-electron chi connectivity index (χ1n) is 6.38. The second-order valence-corrected chi connectivity index (χ2v) is 4.65. The Labute approximate surface area is 122 Å². The van der Waals surface area contributed by atoms with Crippen LogP contribution in [0.4, 0.5) is 0 Å². The Morgan fingerprint density at radius 3 is 2.33 bits per heavy atom. The summed E-state index contributed by atoms with van der Waals surface area (Å²) in [7, 11) is 0. The molecule has 0 fully saturated rings. The molecular formula is C13H19N3O5. The van der Waals surface area contributed by atoms with Gasteiger partial charge in [-0.15, -0.1) is 0 Å². The van der Waals surface area contributed by atoms with Crippen molar-refractivity contribution in [3.63, 3.8) is 0 Å². The Morgan fingerprint density at radius 1 is 1.29 bits per heavy atom. The van der Waals surface area contributed by atoms with Gasteiger partial charge in [-0.2, -0.15) is 5.26 Å². The third-order valence-corrected chi connectivity index (χ3v) is 2.56. The van der Waals surface area contributed by atoms with Gasteiger partial charge < -0.3 is 20.8 Å². The molecule has 0 aliphatic heterocycles. The predicted molar refractivity (Wildman–Crippen MR) is 73.0 cm³/mol. The molecular weight excluding hydrogens is 278 g/mol. The van der Waals surface area contributed by atoms with E-state index in [1.165, 1.54) is 0 Å². The molecule has 0 spiro atoms. The van der Waals surface area contributed by atoms with Gasteiger partial charge in [-0.25, -0.2) is 4.79 Å². The minimum absolute atomic E-state index is 0.0848. The van der Waals surface area contributed by atoms with Gasteiger partial charge in [-0.1, -0.05) is 13.8 Å². The molecule has 0 saturated carbocycles. The first kappa shape index (κ1) is 18.4. The van der Waals surface area contributed by atoms with Crippen molar-refractivity contribution in [1.29, 1.82) is 5.26 Å². The van der Waals surface area contributed by atoms with Crippen LogP contribution < -0.4 is 10.6 Å². The zero-order valence-electron chi connectivity index (χ0n) is 11.9. The molecule has 1 amide bonds. The van der Waals surface area contributed by atoms with Crippen LogP contribution in [0.1, 0.15) is 26.7 Å². The summed E-state index contributed by atoms with van der Waals surface area (Å²) in [4.78, 5) is 32.9. The minimum Gasteiger partial charge on any atom is -0.481 e. The number of carbonyl (C=O) groups is 3. The van der Waals surface area contributed by atoms with Gasteiger partial charge in [-0.3, -0.25) is 9.59 Å². The molecule has 0 aromatic heterocycles.